The second kappa shape index (κ2) is 13.4. The molecule has 3 fully saturated rings. The van der Waals surface area contributed by atoms with Crippen molar-refractivity contribution < 1.29 is 19.0 Å². The van der Waals surface area contributed by atoms with Crippen molar-refractivity contribution in [3.05, 3.63) is 60.3 Å². The lowest BCUT2D eigenvalue weighted by Crippen LogP contribution is -2.52. The summed E-state index contributed by atoms with van der Waals surface area (Å²) in [5.74, 6) is -0.614. The number of pyridine rings is 2. The van der Waals surface area contributed by atoms with Gasteiger partial charge in [0.2, 0.25) is 5.95 Å². The minimum Gasteiger partial charge on any atom is -0.496 e. The Labute approximate surface area is 280 Å². The van der Waals surface area contributed by atoms with Crippen molar-refractivity contribution in [3.63, 3.8) is 0 Å². The van der Waals surface area contributed by atoms with E-state index < -0.39 is 17.3 Å². The number of ether oxygens (including phenoxy) is 1. The van der Waals surface area contributed by atoms with Gasteiger partial charge in [-0.05, 0) is 82.8 Å². The van der Waals surface area contributed by atoms with Crippen LogP contribution in [0.4, 0.5) is 16.0 Å². The standard InChI is InChI=1S/C36H45FN8O3/c1-36(47)12-6-25(7-13-36)45-30-5-4-26(43-16-10-24(11-17-43)44-20-18-42(2)19-21-44)22-29(30)40-35(45)41-34(46)27-8-15-39-33(32(27)37)28-23-38-14-9-31(28)48-3/h4-5,8-9,14-15,22-25,47H,6-7,10-13,16-21H2,1-3H3,(H,40,41,46). The highest BCUT2D eigenvalue weighted by Crippen LogP contribution is 2.39. The van der Waals surface area contributed by atoms with Crippen molar-refractivity contribution >= 4 is 28.6 Å². The second-order valence-corrected chi connectivity index (χ2v) is 13.8. The zero-order valence-electron chi connectivity index (χ0n) is 28.0. The number of likely N-dealkylation sites (N-methyl/N-ethyl adjacent to an activating group) is 1. The van der Waals surface area contributed by atoms with E-state index in [9.17, 15) is 9.90 Å². The Morgan fingerprint density at radius 2 is 1.75 bits per heavy atom. The molecule has 2 N–H and O–H groups in total. The topological polar surface area (TPSA) is 112 Å². The van der Waals surface area contributed by atoms with Crippen LogP contribution in [0, 0.1) is 5.82 Å². The summed E-state index contributed by atoms with van der Waals surface area (Å²) in [5.41, 5.74) is 2.26. The molecule has 0 radical (unpaired) electrons. The number of piperazine rings is 1. The molecule has 12 heteroatoms. The van der Waals surface area contributed by atoms with Gasteiger partial charge in [0.25, 0.3) is 5.91 Å². The zero-order chi connectivity index (χ0) is 33.4. The van der Waals surface area contributed by atoms with Gasteiger partial charge >= 0.3 is 0 Å². The molecule has 0 unspecified atom stereocenters. The molecular weight excluding hydrogens is 611 g/mol. The number of piperidine rings is 1. The van der Waals surface area contributed by atoms with E-state index >= 15 is 4.39 Å². The summed E-state index contributed by atoms with van der Waals surface area (Å²) in [7, 11) is 3.69. The highest BCUT2D eigenvalue weighted by atomic mass is 19.1. The molecule has 3 aromatic heterocycles. The van der Waals surface area contributed by atoms with Crippen LogP contribution in [0.3, 0.4) is 0 Å². The first kappa shape index (κ1) is 32.4. The number of hydrogen-bond donors (Lipinski definition) is 2. The molecule has 11 nitrogen and oxygen atoms in total. The number of aliphatic hydroxyl groups is 1. The largest absolute Gasteiger partial charge is 0.496 e. The number of methoxy groups -OCH3 is 1. The molecule has 2 saturated heterocycles. The van der Waals surface area contributed by atoms with E-state index in [1.165, 1.54) is 25.6 Å². The van der Waals surface area contributed by atoms with Crippen molar-refractivity contribution in [2.24, 2.45) is 0 Å². The van der Waals surface area contributed by atoms with Gasteiger partial charge in [0.05, 0.1) is 34.9 Å². The normalized spacial score (nSPS) is 23.0. The van der Waals surface area contributed by atoms with E-state index in [0.29, 0.717) is 36.1 Å². The Morgan fingerprint density at radius 3 is 2.48 bits per heavy atom. The van der Waals surface area contributed by atoms with E-state index in [1.807, 2.05) is 6.92 Å². The number of nitrogens with one attached hydrogen (secondary N) is 1. The highest BCUT2D eigenvalue weighted by Gasteiger charge is 2.33. The van der Waals surface area contributed by atoms with Crippen LogP contribution in [0.25, 0.3) is 22.3 Å². The van der Waals surface area contributed by atoms with Crippen LogP contribution in [0.1, 0.15) is 61.8 Å². The molecule has 0 atom stereocenters. The number of halogens is 1. The van der Waals surface area contributed by atoms with E-state index in [-0.39, 0.29) is 17.3 Å². The third kappa shape index (κ3) is 6.48. The van der Waals surface area contributed by atoms with Gasteiger partial charge in [0.15, 0.2) is 5.82 Å². The van der Waals surface area contributed by atoms with Crippen LogP contribution in [0.5, 0.6) is 5.75 Å². The Morgan fingerprint density at radius 1 is 1.00 bits per heavy atom. The maximum Gasteiger partial charge on any atom is 0.261 e. The van der Waals surface area contributed by atoms with Gasteiger partial charge in [0, 0.05) is 75.6 Å². The van der Waals surface area contributed by atoms with Crippen LogP contribution in [0.2, 0.25) is 0 Å². The molecular formula is C36H45FN8O3. The molecule has 48 heavy (non-hydrogen) atoms. The summed E-state index contributed by atoms with van der Waals surface area (Å²) in [6, 6.07) is 9.98. The molecule has 254 valence electrons. The van der Waals surface area contributed by atoms with Gasteiger partial charge in [-0.15, -0.1) is 0 Å². The molecule has 4 aromatic rings. The number of benzene rings is 1. The number of aromatic nitrogens is 4. The average molecular weight is 657 g/mol. The predicted octanol–water partition coefficient (Wildman–Crippen LogP) is 4.98. The fourth-order valence-electron chi connectivity index (χ4n) is 7.61. The highest BCUT2D eigenvalue weighted by molar-refractivity contribution is 6.05. The number of rotatable bonds is 7. The molecule has 0 bridgehead atoms. The summed E-state index contributed by atoms with van der Waals surface area (Å²) >= 11 is 0. The molecule has 1 aromatic carbocycles. The van der Waals surface area contributed by atoms with Crippen molar-refractivity contribution in [2.45, 2.75) is 63.1 Å². The first-order chi connectivity index (χ1) is 23.2. The van der Waals surface area contributed by atoms with E-state index in [1.54, 1.807) is 12.3 Å². The third-order valence-electron chi connectivity index (χ3n) is 10.6. The van der Waals surface area contributed by atoms with Crippen LogP contribution >= 0.6 is 0 Å². The molecule has 2 aliphatic heterocycles. The lowest BCUT2D eigenvalue weighted by atomic mass is 9.83. The molecule has 3 aliphatic rings. The van der Waals surface area contributed by atoms with Crippen molar-refractivity contribution in [1.29, 1.82) is 0 Å². The Bertz CT molecular complexity index is 1770. The van der Waals surface area contributed by atoms with Gasteiger partial charge in [-0.3, -0.25) is 25.0 Å². The van der Waals surface area contributed by atoms with Crippen LogP contribution in [0.15, 0.2) is 48.9 Å². The van der Waals surface area contributed by atoms with Crippen LogP contribution < -0.4 is 15.0 Å². The SMILES string of the molecule is COc1ccncc1-c1nccc(C(=O)Nc2nc3cc(N4CCC(N5CCN(C)CC5)CC4)ccc3n2C2CCC(C)(O)CC2)c1F. The monoisotopic (exact) mass is 656 g/mol. The van der Waals surface area contributed by atoms with Gasteiger partial charge < -0.3 is 24.2 Å². The predicted molar refractivity (Wildman–Crippen MR) is 184 cm³/mol. The summed E-state index contributed by atoms with van der Waals surface area (Å²) in [5, 5.41) is 13.6. The quantitative estimate of drug-likeness (QED) is 0.285. The first-order valence-electron chi connectivity index (χ1n) is 17.1. The lowest BCUT2D eigenvalue weighted by molar-refractivity contribution is 0.0106. The van der Waals surface area contributed by atoms with Gasteiger partial charge in [-0.25, -0.2) is 9.37 Å². The van der Waals surface area contributed by atoms with Crippen molar-refractivity contribution in [2.75, 3.05) is 63.6 Å². The van der Waals surface area contributed by atoms with E-state index in [2.05, 4.69) is 59.8 Å². The maximum atomic E-state index is 15.9. The van der Waals surface area contributed by atoms with E-state index in [0.717, 1.165) is 81.7 Å². The number of carbonyl (C=O) groups is 1. The molecule has 7 rings (SSSR count). The maximum absolute atomic E-state index is 15.9. The molecule has 1 amide bonds. The fourth-order valence-corrected chi connectivity index (χ4v) is 7.61. The average Bonchev–Trinajstić information content (AvgIpc) is 3.45. The molecule has 5 heterocycles. The number of nitrogens with zero attached hydrogens (tertiary/aromatic N) is 7. The number of amides is 1. The fraction of sp³-hybridized carbons (Fsp3) is 0.500. The van der Waals surface area contributed by atoms with Crippen molar-refractivity contribution in [1.82, 2.24) is 29.3 Å². The molecule has 0 spiro atoms. The lowest BCUT2D eigenvalue weighted by Gasteiger charge is -2.42. The summed E-state index contributed by atoms with van der Waals surface area (Å²) < 4.78 is 23.4. The second-order valence-electron chi connectivity index (χ2n) is 13.8. The Kier molecular flexibility index (Phi) is 9.06. The summed E-state index contributed by atoms with van der Waals surface area (Å²) in [4.78, 5) is 34.5. The number of anilines is 2. The number of carbonyl (C=O) groups excluding carboxylic acids is 1. The van der Waals surface area contributed by atoms with E-state index in [4.69, 9.17) is 9.72 Å². The number of imidazole rings is 1. The van der Waals surface area contributed by atoms with Crippen molar-refractivity contribution in [3.8, 4) is 17.0 Å². The number of hydrogen-bond acceptors (Lipinski definition) is 9. The zero-order valence-corrected chi connectivity index (χ0v) is 28.0. The van der Waals surface area contributed by atoms with Gasteiger partial charge in [-0.1, -0.05) is 0 Å². The Hall–Kier alpha value is -4.13. The first-order valence-corrected chi connectivity index (χ1v) is 17.1. The minimum absolute atomic E-state index is 0.0170. The summed E-state index contributed by atoms with van der Waals surface area (Å²) in [6.45, 7) is 8.37. The Balaban J connectivity index is 1.16. The number of fused-ring (bicyclic) bond motifs is 1. The smallest absolute Gasteiger partial charge is 0.261 e. The summed E-state index contributed by atoms with van der Waals surface area (Å²) in [6.07, 6.45) is 9.43. The molecule has 1 aliphatic carbocycles. The van der Waals surface area contributed by atoms with Crippen LogP contribution in [-0.2, 0) is 0 Å². The van der Waals surface area contributed by atoms with Crippen LogP contribution in [-0.4, -0.2) is 105 Å². The third-order valence-corrected chi connectivity index (χ3v) is 10.6. The molecule has 1 saturated carbocycles. The van der Waals surface area contributed by atoms with Gasteiger partial charge in [-0.2, -0.15) is 0 Å². The minimum atomic E-state index is -0.764. The van der Waals surface area contributed by atoms with Gasteiger partial charge in [0.1, 0.15) is 11.4 Å².